The molecule has 2 N–H and O–H groups in total. The molecule has 3 aliphatic rings. The number of nitrogens with one attached hydrogen (secondary N) is 2. The van der Waals surface area contributed by atoms with Crippen molar-refractivity contribution < 1.29 is 19.1 Å². The van der Waals surface area contributed by atoms with Crippen molar-refractivity contribution in [1.82, 2.24) is 20.4 Å². The van der Waals surface area contributed by atoms with Crippen molar-refractivity contribution in [2.45, 2.75) is 62.9 Å². The Morgan fingerprint density at radius 1 is 1.17 bits per heavy atom. The fraction of sp³-hybridized carbons (Fsp3) is 0.692. The third-order valence-electron chi connectivity index (χ3n) is 7.21. The number of likely N-dealkylation sites (tertiary alicyclic amines) is 1. The van der Waals surface area contributed by atoms with E-state index in [0.29, 0.717) is 70.5 Å². The molecule has 0 unspecified atom stereocenters. The second-order valence-corrected chi connectivity index (χ2v) is 9.72. The highest BCUT2D eigenvalue weighted by Gasteiger charge is 2.38. The van der Waals surface area contributed by atoms with Crippen molar-refractivity contribution in [2.24, 2.45) is 10.9 Å². The molecule has 2 heterocycles. The molecule has 3 rings (SSSR count). The number of morpholine rings is 1. The molecule has 0 aromatic carbocycles. The van der Waals surface area contributed by atoms with Crippen LogP contribution >= 0.6 is 0 Å². The SMILES string of the molecule is C=CCOC(=O)NC(=N[C@@H](CC1CCCCC1)C(=O)NC1(C#N)CCN(C=C)CC1)N1CCOCC1. The second-order valence-electron chi connectivity index (χ2n) is 9.72. The van der Waals surface area contributed by atoms with Gasteiger partial charge in [0.05, 0.1) is 19.3 Å². The minimum atomic E-state index is -0.938. The number of alkyl carbamates (subject to hydrolysis) is 1. The Kier molecular flexibility index (Phi) is 10.6. The van der Waals surface area contributed by atoms with Gasteiger partial charge in [0.15, 0.2) is 0 Å². The number of hydrogen-bond donors (Lipinski definition) is 2. The Morgan fingerprint density at radius 3 is 2.47 bits per heavy atom. The molecular weight excluding hydrogens is 460 g/mol. The van der Waals surface area contributed by atoms with Gasteiger partial charge in [0, 0.05) is 39.0 Å². The predicted octanol–water partition coefficient (Wildman–Crippen LogP) is 2.54. The summed E-state index contributed by atoms with van der Waals surface area (Å²) in [6, 6.07) is 1.63. The van der Waals surface area contributed by atoms with Crippen molar-refractivity contribution in [3.8, 4) is 6.07 Å². The molecule has 2 saturated heterocycles. The van der Waals surface area contributed by atoms with Gasteiger partial charge in [-0.1, -0.05) is 51.3 Å². The molecule has 1 atom stereocenters. The van der Waals surface area contributed by atoms with Gasteiger partial charge in [0.1, 0.15) is 18.2 Å². The highest BCUT2D eigenvalue weighted by Crippen LogP contribution is 2.29. The van der Waals surface area contributed by atoms with Crippen LogP contribution in [0.4, 0.5) is 4.79 Å². The van der Waals surface area contributed by atoms with Crippen LogP contribution in [0.25, 0.3) is 0 Å². The number of piperidine rings is 1. The van der Waals surface area contributed by atoms with Crippen LogP contribution in [0.15, 0.2) is 30.4 Å². The number of guanidine groups is 1. The summed E-state index contributed by atoms with van der Waals surface area (Å²) in [5.41, 5.74) is -0.938. The lowest BCUT2D eigenvalue weighted by molar-refractivity contribution is -0.124. The van der Waals surface area contributed by atoms with Gasteiger partial charge in [-0.25, -0.2) is 9.79 Å². The first kappa shape index (κ1) is 27.5. The number of amides is 2. The fourth-order valence-electron chi connectivity index (χ4n) is 5.01. The smallest absolute Gasteiger partial charge is 0.414 e. The second kappa shape index (κ2) is 13.9. The molecule has 0 aromatic heterocycles. The fourth-order valence-corrected chi connectivity index (χ4v) is 5.01. The zero-order valence-electron chi connectivity index (χ0n) is 21.3. The topological polar surface area (TPSA) is 119 Å². The van der Waals surface area contributed by atoms with Crippen LogP contribution in [0.5, 0.6) is 0 Å². The average molecular weight is 501 g/mol. The molecule has 36 heavy (non-hydrogen) atoms. The maximum absolute atomic E-state index is 13.7. The van der Waals surface area contributed by atoms with Gasteiger partial charge in [-0.05, 0) is 18.5 Å². The molecule has 1 saturated carbocycles. The zero-order valence-corrected chi connectivity index (χ0v) is 21.3. The summed E-state index contributed by atoms with van der Waals surface area (Å²) in [6.07, 6.45) is 9.82. The summed E-state index contributed by atoms with van der Waals surface area (Å²) in [6.45, 7) is 10.8. The van der Waals surface area contributed by atoms with E-state index in [0.717, 1.165) is 25.7 Å². The first-order chi connectivity index (χ1) is 17.5. The molecule has 1 aliphatic carbocycles. The Hall–Kier alpha value is -3.06. The van der Waals surface area contributed by atoms with Crippen molar-refractivity contribution in [3.05, 3.63) is 25.4 Å². The molecular formula is C26H40N6O4. The maximum Gasteiger partial charge on any atom is 0.414 e. The van der Waals surface area contributed by atoms with Crippen molar-refractivity contribution in [2.75, 3.05) is 46.0 Å². The van der Waals surface area contributed by atoms with E-state index in [1.165, 1.54) is 12.5 Å². The van der Waals surface area contributed by atoms with E-state index in [-0.39, 0.29) is 12.5 Å². The number of carbonyl (C=O) groups is 2. The molecule has 0 aromatic rings. The minimum Gasteiger partial charge on any atom is -0.445 e. The summed E-state index contributed by atoms with van der Waals surface area (Å²) in [5, 5.41) is 15.8. The van der Waals surface area contributed by atoms with Gasteiger partial charge < -0.3 is 24.6 Å². The minimum absolute atomic E-state index is 0.0701. The number of nitriles is 1. The Balaban J connectivity index is 1.83. The molecule has 0 radical (unpaired) electrons. The van der Waals surface area contributed by atoms with E-state index in [1.807, 2.05) is 4.90 Å². The normalized spacial score (nSPS) is 21.6. The number of nitrogens with zero attached hydrogens (tertiary/aromatic N) is 4. The van der Waals surface area contributed by atoms with Gasteiger partial charge >= 0.3 is 6.09 Å². The van der Waals surface area contributed by atoms with E-state index in [1.54, 1.807) is 6.20 Å². The van der Waals surface area contributed by atoms with Crippen LogP contribution in [0, 0.1) is 17.2 Å². The summed E-state index contributed by atoms with van der Waals surface area (Å²) in [5.74, 6) is 0.398. The van der Waals surface area contributed by atoms with Gasteiger partial charge in [-0.2, -0.15) is 5.26 Å². The largest absolute Gasteiger partial charge is 0.445 e. The van der Waals surface area contributed by atoms with Crippen LogP contribution < -0.4 is 10.6 Å². The Labute approximate surface area is 214 Å². The van der Waals surface area contributed by atoms with Crippen molar-refractivity contribution in [1.29, 1.82) is 5.26 Å². The first-order valence-electron chi connectivity index (χ1n) is 13.0. The number of hydrogen-bond acceptors (Lipinski definition) is 7. The lowest BCUT2D eigenvalue weighted by Gasteiger charge is -2.38. The van der Waals surface area contributed by atoms with Gasteiger partial charge in [0.2, 0.25) is 11.9 Å². The monoisotopic (exact) mass is 500 g/mol. The van der Waals surface area contributed by atoms with Crippen LogP contribution in [-0.2, 0) is 14.3 Å². The summed E-state index contributed by atoms with van der Waals surface area (Å²) >= 11 is 0. The summed E-state index contributed by atoms with van der Waals surface area (Å²) < 4.78 is 10.6. The van der Waals surface area contributed by atoms with E-state index in [9.17, 15) is 14.9 Å². The predicted molar refractivity (Wildman–Crippen MR) is 137 cm³/mol. The van der Waals surface area contributed by atoms with Gasteiger partial charge in [-0.3, -0.25) is 10.1 Å². The van der Waals surface area contributed by atoms with Crippen LogP contribution in [0.2, 0.25) is 0 Å². The molecule has 0 bridgehead atoms. The van der Waals surface area contributed by atoms with Crippen LogP contribution in [-0.4, -0.2) is 85.3 Å². The summed E-state index contributed by atoms with van der Waals surface area (Å²) in [7, 11) is 0. The zero-order chi connectivity index (χ0) is 25.8. The van der Waals surface area contributed by atoms with Crippen LogP contribution in [0.3, 0.4) is 0 Å². The Bertz CT molecular complexity index is 834. The van der Waals surface area contributed by atoms with Gasteiger partial charge in [0.25, 0.3) is 0 Å². The first-order valence-corrected chi connectivity index (χ1v) is 13.0. The number of carbonyl (C=O) groups excluding carboxylic acids is 2. The maximum atomic E-state index is 13.7. The lowest BCUT2D eigenvalue weighted by Crippen LogP contribution is -2.56. The molecule has 10 nitrogen and oxygen atoms in total. The molecule has 2 aliphatic heterocycles. The lowest BCUT2D eigenvalue weighted by atomic mass is 9.84. The number of rotatable bonds is 8. The van der Waals surface area contributed by atoms with Crippen LogP contribution in [0.1, 0.15) is 51.4 Å². The van der Waals surface area contributed by atoms with Gasteiger partial charge in [-0.15, -0.1) is 0 Å². The van der Waals surface area contributed by atoms with E-state index >= 15 is 0 Å². The Morgan fingerprint density at radius 2 is 1.86 bits per heavy atom. The van der Waals surface area contributed by atoms with E-state index in [2.05, 4.69) is 34.8 Å². The third-order valence-corrected chi connectivity index (χ3v) is 7.21. The van der Waals surface area contributed by atoms with Crippen molar-refractivity contribution >= 4 is 18.0 Å². The quantitative estimate of drug-likeness (QED) is 0.299. The number of ether oxygens (including phenoxy) is 2. The molecule has 2 amide bonds. The van der Waals surface area contributed by atoms with E-state index < -0.39 is 17.7 Å². The molecule has 198 valence electrons. The highest BCUT2D eigenvalue weighted by atomic mass is 16.5. The third kappa shape index (κ3) is 7.98. The average Bonchev–Trinajstić information content (AvgIpc) is 2.92. The highest BCUT2D eigenvalue weighted by molar-refractivity contribution is 5.96. The molecule has 3 fully saturated rings. The van der Waals surface area contributed by atoms with E-state index in [4.69, 9.17) is 14.5 Å². The molecule has 0 spiro atoms. The standard InChI is InChI=1S/C26H40N6O4/c1-3-16-36-25(34)29-24(32-14-17-35-18-15-32)28-22(19-21-8-6-5-7-9-21)23(33)30-26(20-27)10-12-31(4-2)13-11-26/h3-4,21-22H,1-2,5-19H2,(H,30,33)(H,28,29,34)/t22-/m0/s1. The molecule has 10 heteroatoms. The number of aliphatic imine (C=N–C) groups is 1. The summed E-state index contributed by atoms with van der Waals surface area (Å²) in [4.78, 5) is 34.8. The van der Waals surface area contributed by atoms with Crippen molar-refractivity contribution in [3.63, 3.8) is 0 Å².